The van der Waals surface area contributed by atoms with E-state index in [1.165, 1.54) is 12.1 Å². The number of alkyl halides is 3. The van der Waals surface area contributed by atoms with Gasteiger partial charge in [0.15, 0.2) is 11.5 Å². The van der Waals surface area contributed by atoms with E-state index in [1.807, 2.05) is 24.3 Å². The van der Waals surface area contributed by atoms with Crippen molar-refractivity contribution in [2.24, 2.45) is 0 Å². The number of carbonyl (C=O) groups excluding carboxylic acids is 1. The predicted molar refractivity (Wildman–Crippen MR) is 128 cm³/mol. The third kappa shape index (κ3) is 6.57. The number of rotatable bonds is 9. The molecule has 1 saturated heterocycles. The first kappa shape index (κ1) is 25.1. The van der Waals surface area contributed by atoms with Gasteiger partial charge < -0.3 is 19.7 Å². The van der Waals surface area contributed by atoms with Gasteiger partial charge in [0.05, 0.1) is 11.6 Å². The maximum Gasteiger partial charge on any atom is 0.416 e. The van der Waals surface area contributed by atoms with Crippen molar-refractivity contribution in [3.63, 3.8) is 0 Å². The normalized spacial score (nSPS) is 17.6. The molecule has 0 unspecified atom stereocenters. The van der Waals surface area contributed by atoms with Gasteiger partial charge in [-0.05, 0) is 67.7 Å². The Balaban J connectivity index is 1.44. The molecule has 0 saturated carbocycles. The molecule has 2 aromatic rings. The largest absolute Gasteiger partial charge is 0.486 e. The summed E-state index contributed by atoms with van der Waals surface area (Å²) in [7, 11) is 0. The van der Waals surface area contributed by atoms with Gasteiger partial charge in [0.2, 0.25) is 5.91 Å². The van der Waals surface area contributed by atoms with Gasteiger partial charge in [0.25, 0.3) is 0 Å². The fraction of sp³-hybridized carbons (Fsp3) is 0.444. The van der Waals surface area contributed by atoms with Gasteiger partial charge in [0, 0.05) is 18.9 Å². The van der Waals surface area contributed by atoms with Crippen molar-refractivity contribution < 1.29 is 27.4 Å². The van der Waals surface area contributed by atoms with Crippen LogP contribution in [0.4, 0.5) is 13.2 Å². The van der Waals surface area contributed by atoms with E-state index >= 15 is 0 Å². The second-order valence-corrected chi connectivity index (χ2v) is 9.04. The molecule has 2 aliphatic rings. The summed E-state index contributed by atoms with van der Waals surface area (Å²) in [5, 5.41) is 3.18. The summed E-state index contributed by atoms with van der Waals surface area (Å²) in [4.78, 5) is 15.3. The highest BCUT2D eigenvalue weighted by Gasteiger charge is 2.30. The number of amides is 1. The van der Waals surface area contributed by atoms with E-state index in [-0.39, 0.29) is 24.3 Å². The number of likely N-dealkylation sites (tertiary alicyclic amines) is 1. The number of benzene rings is 2. The lowest BCUT2D eigenvalue weighted by Crippen LogP contribution is -2.46. The molecular formula is C27H31F3N2O3. The van der Waals surface area contributed by atoms with Gasteiger partial charge in [-0.3, -0.25) is 4.79 Å². The van der Waals surface area contributed by atoms with E-state index in [4.69, 9.17) is 9.47 Å². The van der Waals surface area contributed by atoms with Crippen molar-refractivity contribution in [3.05, 3.63) is 71.8 Å². The molecule has 1 N–H and O–H groups in total. The zero-order chi connectivity index (χ0) is 24.8. The fourth-order valence-corrected chi connectivity index (χ4v) is 4.69. The maximum atomic E-state index is 12.9. The first-order valence-electron chi connectivity index (χ1n) is 12.0. The highest BCUT2D eigenvalue weighted by Crippen LogP contribution is 2.35. The van der Waals surface area contributed by atoms with Crippen molar-refractivity contribution in [2.45, 2.75) is 43.8 Å². The molecule has 0 bridgehead atoms. The Hall–Kier alpha value is -3.00. The highest BCUT2D eigenvalue weighted by molar-refractivity contribution is 5.76. The Bertz CT molecular complexity index is 1020. The van der Waals surface area contributed by atoms with Crippen LogP contribution < -0.4 is 14.8 Å². The summed E-state index contributed by atoms with van der Waals surface area (Å²) in [6.45, 7) is 7.72. The molecule has 8 heteroatoms. The highest BCUT2D eigenvalue weighted by atomic mass is 19.4. The molecule has 0 aromatic heterocycles. The van der Waals surface area contributed by atoms with Crippen LogP contribution in [0.2, 0.25) is 0 Å². The van der Waals surface area contributed by atoms with Crippen molar-refractivity contribution in [3.8, 4) is 11.5 Å². The topological polar surface area (TPSA) is 50.8 Å². The average Bonchev–Trinajstić information content (AvgIpc) is 3.36. The van der Waals surface area contributed by atoms with Crippen molar-refractivity contribution in [2.75, 3.05) is 32.8 Å². The number of aryl methyl sites for hydroxylation is 1. The fourth-order valence-electron chi connectivity index (χ4n) is 4.69. The molecule has 188 valence electrons. The third-order valence-electron chi connectivity index (χ3n) is 6.56. The molecule has 4 rings (SSSR count). The molecule has 2 heterocycles. The number of nitrogens with zero attached hydrogens (tertiary/aromatic N) is 1. The van der Waals surface area contributed by atoms with Gasteiger partial charge >= 0.3 is 6.18 Å². The van der Waals surface area contributed by atoms with Crippen LogP contribution in [0.15, 0.2) is 55.1 Å². The molecule has 2 aliphatic heterocycles. The third-order valence-corrected chi connectivity index (χ3v) is 6.56. The Morgan fingerprint density at radius 3 is 2.40 bits per heavy atom. The number of nitrogens with one attached hydrogen (secondary N) is 1. The van der Waals surface area contributed by atoms with Crippen LogP contribution in [0.5, 0.6) is 11.5 Å². The van der Waals surface area contributed by atoms with Crippen molar-refractivity contribution in [1.29, 1.82) is 0 Å². The van der Waals surface area contributed by atoms with Crippen LogP contribution in [0.25, 0.3) is 0 Å². The number of hydrogen-bond donors (Lipinski definition) is 1. The lowest BCUT2D eigenvalue weighted by atomic mass is 9.90. The Morgan fingerprint density at radius 1 is 1.06 bits per heavy atom. The minimum atomic E-state index is -4.37. The minimum Gasteiger partial charge on any atom is -0.486 e. The minimum absolute atomic E-state index is 0.138. The SMILES string of the molecule is C=C[C@H](c1ccc2c(c1)OCCO2)[C@@H](CN1CCCC1)NC(=O)CCc1ccc(C(F)(F)F)cc1. The molecule has 35 heavy (non-hydrogen) atoms. The first-order chi connectivity index (χ1) is 16.8. The maximum absolute atomic E-state index is 12.9. The number of hydrogen-bond acceptors (Lipinski definition) is 4. The van der Waals surface area contributed by atoms with Gasteiger partial charge in [-0.2, -0.15) is 13.2 Å². The predicted octanol–water partition coefficient (Wildman–Crippen LogP) is 4.96. The molecule has 5 nitrogen and oxygen atoms in total. The average molecular weight is 489 g/mol. The lowest BCUT2D eigenvalue weighted by molar-refractivity contribution is -0.137. The molecule has 2 aromatic carbocycles. The van der Waals surface area contributed by atoms with E-state index in [2.05, 4.69) is 16.8 Å². The monoisotopic (exact) mass is 488 g/mol. The Morgan fingerprint density at radius 2 is 1.74 bits per heavy atom. The summed E-state index contributed by atoms with van der Waals surface area (Å²) in [5.41, 5.74) is 0.984. The zero-order valence-electron chi connectivity index (χ0n) is 19.7. The molecule has 1 amide bonds. The molecule has 0 aliphatic carbocycles. The van der Waals surface area contributed by atoms with Gasteiger partial charge in [-0.15, -0.1) is 6.58 Å². The number of carbonyl (C=O) groups is 1. The quantitative estimate of drug-likeness (QED) is 0.507. The van der Waals surface area contributed by atoms with Gasteiger partial charge in [-0.1, -0.05) is 24.3 Å². The van der Waals surface area contributed by atoms with E-state index in [0.717, 1.165) is 43.6 Å². The second-order valence-electron chi connectivity index (χ2n) is 9.04. The standard InChI is InChI=1S/C27H31F3N2O3/c1-2-22(20-8-11-24-25(17-20)35-16-15-34-24)23(18-32-13-3-4-14-32)31-26(33)12-7-19-5-9-21(10-6-19)27(28,29)30/h2,5-6,8-11,17,22-23H,1,3-4,7,12-16,18H2,(H,31,33)/t22-,23-/m1/s1. The molecule has 0 radical (unpaired) electrons. The Labute approximate surface area is 203 Å². The summed E-state index contributed by atoms with van der Waals surface area (Å²) in [6, 6.07) is 10.6. The van der Waals surface area contributed by atoms with Gasteiger partial charge in [-0.25, -0.2) is 0 Å². The number of fused-ring (bicyclic) bond motifs is 1. The van der Waals surface area contributed by atoms with E-state index < -0.39 is 11.7 Å². The van der Waals surface area contributed by atoms with Crippen LogP contribution in [-0.4, -0.2) is 49.7 Å². The second kappa shape index (κ2) is 11.2. The van der Waals surface area contributed by atoms with Crippen molar-refractivity contribution in [1.82, 2.24) is 10.2 Å². The Kier molecular flexibility index (Phi) is 8.00. The number of ether oxygens (including phenoxy) is 2. The van der Waals surface area contributed by atoms with Crippen LogP contribution in [0.3, 0.4) is 0 Å². The zero-order valence-corrected chi connectivity index (χ0v) is 19.7. The van der Waals surface area contributed by atoms with Crippen LogP contribution >= 0.6 is 0 Å². The van der Waals surface area contributed by atoms with Crippen LogP contribution in [0.1, 0.15) is 41.9 Å². The lowest BCUT2D eigenvalue weighted by Gasteiger charge is -2.31. The summed E-state index contributed by atoms with van der Waals surface area (Å²) < 4.78 is 49.8. The molecule has 1 fully saturated rings. The van der Waals surface area contributed by atoms with E-state index in [9.17, 15) is 18.0 Å². The van der Waals surface area contributed by atoms with Crippen LogP contribution in [0, 0.1) is 0 Å². The van der Waals surface area contributed by atoms with Crippen LogP contribution in [-0.2, 0) is 17.4 Å². The van der Waals surface area contributed by atoms with E-state index in [1.54, 1.807) is 0 Å². The summed E-state index contributed by atoms with van der Waals surface area (Å²) in [6.07, 6.45) is 0.305. The molecule has 0 spiro atoms. The van der Waals surface area contributed by atoms with Crippen molar-refractivity contribution >= 4 is 5.91 Å². The summed E-state index contributed by atoms with van der Waals surface area (Å²) >= 11 is 0. The molecule has 2 atom stereocenters. The smallest absolute Gasteiger partial charge is 0.416 e. The van der Waals surface area contributed by atoms with Gasteiger partial charge in [0.1, 0.15) is 13.2 Å². The first-order valence-corrected chi connectivity index (χ1v) is 12.0. The summed E-state index contributed by atoms with van der Waals surface area (Å²) in [5.74, 6) is 1.12. The van der Waals surface area contributed by atoms with E-state index in [0.29, 0.717) is 43.2 Å². The molecular weight excluding hydrogens is 457 g/mol. The number of halogens is 3.